The van der Waals surface area contributed by atoms with Gasteiger partial charge in [0, 0.05) is 19.6 Å². The molecule has 2 nitrogen and oxygen atoms in total. The lowest BCUT2D eigenvalue weighted by Crippen LogP contribution is -2.27. The summed E-state index contributed by atoms with van der Waals surface area (Å²) in [6.45, 7) is 6.49. The standard InChI is InChI=1S/C6H10N2S/c1-2-4-8-5-3-7-6(8)9/h2H,1,3-5H2,(H,7,9). The van der Waals surface area contributed by atoms with Gasteiger partial charge in [0.15, 0.2) is 5.11 Å². The zero-order chi connectivity index (χ0) is 6.69. The van der Waals surface area contributed by atoms with Gasteiger partial charge in [-0.1, -0.05) is 6.08 Å². The summed E-state index contributed by atoms with van der Waals surface area (Å²) in [4.78, 5) is 2.09. The van der Waals surface area contributed by atoms with Gasteiger partial charge in [0.2, 0.25) is 0 Å². The van der Waals surface area contributed by atoms with Crippen LogP contribution in [-0.2, 0) is 0 Å². The van der Waals surface area contributed by atoms with Crippen molar-refractivity contribution < 1.29 is 0 Å². The van der Waals surface area contributed by atoms with Crippen molar-refractivity contribution in [2.45, 2.75) is 0 Å². The van der Waals surface area contributed by atoms with E-state index in [1.807, 2.05) is 6.08 Å². The molecule has 50 valence electrons. The van der Waals surface area contributed by atoms with Gasteiger partial charge in [-0.05, 0) is 12.2 Å². The number of nitrogens with one attached hydrogen (secondary N) is 1. The van der Waals surface area contributed by atoms with Crippen LogP contribution in [0.4, 0.5) is 0 Å². The molecule has 1 fully saturated rings. The SMILES string of the molecule is C=CCN1CCNC1=S. The van der Waals surface area contributed by atoms with Gasteiger partial charge in [0.05, 0.1) is 0 Å². The number of thiocarbonyl (C=S) groups is 1. The summed E-state index contributed by atoms with van der Waals surface area (Å²) in [7, 11) is 0. The fourth-order valence-corrected chi connectivity index (χ4v) is 1.11. The first-order chi connectivity index (χ1) is 4.34. The van der Waals surface area contributed by atoms with Crippen LogP contribution < -0.4 is 5.32 Å². The van der Waals surface area contributed by atoms with E-state index in [-0.39, 0.29) is 0 Å². The van der Waals surface area contributed by atoms with Gasteiger partial charge in [-0.2, -0.15) is 0 Å². The van der Waals surface area contributed by atoms with E-state index in [2.05, 4.69) is 16.8 Å². The van der Waals surface area contributed by atoms with Crippen molar-refractivity contribution in [3.63, 3.8) is 0 Å². The molecule has 1 aliphatic rings. The lowest BCUT2D eigenvalue weighted by atomic mass is 10.5. The molecule has 0 spiro atoms. The largest absolute Gasteiger partial charge is 0.361 e. The van der Waals surface area contributed by atoms with Crippen LogP contribution >= 0.6 is 12.2 Å². The molecular formula is C6H10N2S. The van der Waals surface area contributed by atoms with E-state index in [4.69, 9.17) is 12.2 Å². The molecule has 0 atom stereocenters. The highest BCUT2D eigenvalue weighted by Crippen LogP contribution is 1.95. The Morgan fingerprint density at radius 2 is 2.67 bits per heavy atom. The minimum Gasteiger partial charge on any atom is -0.361 e. The molecular weight excluding hydrogens is 132 g/mol. The lowest BCUT2D eigenvalue weighted by Gasteiger charge is -2.12. The van der Waals surface area contributed by atoms with Crippen LogP contribution in [0.25, 0.3) is 0 Å². The Morgan fingerprint density at radius 3 is 3.11 bits per heavy atom. The highest BCUT2D eigenvalue weighted by molar-refractivity contribution is 7.80. The Balaban J connectivity index is 2.39. The third-order valence-corrected chi connectivity index (χ3v) is 1.70. The zero-order valence-corrected chi connectivity index (χ0v) is 6.08. The minimum absolute atomic E-state index is 0.856. The van der Waals surface area contributed by atoms with E-state index in [1.165, 1.54) is 0 Å². The molecule has 0 saturated carbocycles. The lowest BCUT2D eigenvalue weighted by molar-refractivity contribution is 0.521. The van der Waals surface area contributed by atoms with Crippen molar-refractivity contribution in [1.29, 1.82) is 0 Å². The summed E-state index contributed by atoms with van der Waals surface area (Å²) in [6.07, 6.45) is 1.86. The summed E-state index contributed by atoms with van der Waals surface area (Å²) < 4.78 is 0. The summed E-state index contributed by atoms with van der Waals surface area (Å²) in [5.74, 6) is 0. The molecule has 0 radical (unpaired) electrons. The van der Waals surface area contributed by atoms with Crippen molar-refractivity contribution in [3.05, 3.63) is 12.7 Å². The predicted octanol–water partition coefficient (Wildman–Crippen LogP) is 0.362. The summed E-state index contributed by atoms with van der Waals surface area (Å²) in [6, 6.07) is 0. The molecule has 1 aliphatic heterocycles. The van der Waals surface area contributed by atoms with Crippen molar-refractivity contribution in [1.82, 2.24) is 10.2 Å². The second kappa shape index (κ2) is 2.82. The highest BCUT2D eigenvalue weighted by Gasteiger charge is 2.12. The number of hydrogen-bond donors (Lipinski definition) is 1. The van der Waals surface area contributed by atoms with Crippen LogP contribution in [-0.4, -0.2) is 29.6 Å². The predicted molar refractivity (Wildman–Crippen MR) is 42.4 cm³/mol. The van der Waals surface area contributed by atoms with E-state index >= 15 is 0 Å². The van der Waals surface area contributed by atoms with Gasteiger partial charge in [-0.25, -0.2) is 0 Å². The molecule has 0 unspecified atom stereocenters. The van der Waals surface area contributed by atoms with Crippen LogP contribution in [0.1, 0.15) is 0 Å². The second-order valence-electron chi connectivity index (χ2n) is 1.97. The monoisotopic (exact) mass is 142 g/mol. The fraction of sp³-hybridized carbons (Fsp3) is 0.500. The van der Waals surface area contributed by atoms with E-state index in [0.29, 0.717) is 0 Å². The Morgan fingerprint density at radius 1 is 1.89 bits per heavy atom. The molecule has 0 aromatic heterocycles. The molecule has 3 heteroatoms. The molecule has 9 heavy (non-hydrogen) atoms. The van der Waals surface area contributed by atoms with Crippen LogP contribution in [0, 0.1) is 0 Å². The Hall–Kier alpha value is -0.570. The van der Waals surface area contributed by atoms with E-state index in [1.54, 1.807) is 0 Å². The van der Waals surface area contributed by atoms with Crippen molar-refractivity contribution >= 4 is 17.3 Å². The van der Waals surface area contributed by atoms with Gasteiger partial charge in [0.1, 0.15) is 0 Å². The first kappa shape index (κ1) is 6.55. The topological polar surface area (TPSA) is 15.3 Å². The van der Waals surface area contributed by atoms with Gasteiger partial charge >= 0.3 is 0 Å². The van der Waals surface area contributed by atoms with E-state index < -0.39 is 0 Å². The maximum Gasteiger partial charge on any atom is 0.169 e. The smallest absolute Gasteiger partial charge is 0.169 e. The first-order valence-electron chi connectivity index (χ1n) is 2.98. The summed E-state index contributed by atoms with van der Waals surface area (Å²) in [5, 5.41) is 3.92. The Labute approximate surface area is 60.5 Å². The van der Waals surface area contributed by atoms with E-state index in [0.717, 1.165) is 24.7 Å². The Bertz CT molecular complexity index is 133. The number of hydrogen-bond acceptors (Lipinski definition) is 1. The third kappa shape index (κ3) is 1.42. The fourth-order valence-electron chi connectivity index (χ4n) is 0.841. The highest BCUT2D eigenvalue weighted by atomic mass is 32.1. The molecule has 1 heterocycles. The number of nitrogens with zero attached hydrogens (tertiary/aromatic N) is 1. The van der Waals surface area contributed by atoms with Gasteiger partial charge in [0.25, 0.3) is 0 Å². The molecule has 1 rings (SSSR count). The first-order valence-corrected chi connectivity index (χ1v) is 3.39. The van der Waals surface area contributed by atoms with E-state index in [9.17, 15) is 0 Å². The van der Waals surface area contributed by atoms with Crippen LogP contribution in [0.3, 0.4) is 0 Å². The molecule has 1 saturated heterocycles. The molecule has 0 amide bonds. The normalized spacial score (nSPS) is 17.8. The average molecular weight is 142 g/mol. The van der Waals surface area contributed by atoms with Crippen LogP contribution in [0.5, 0.6) is 0 Å². The molecule has 0 aliphatic carbocycles. The van der Waals surface area contributed by atoms with Crippen LogP contribution in [0.15, 0.2) is 12.7 Å². The van der Waals surface area contributed by atoms with Crippen molar-refractivity contribution in [2.75, 3.05) is 19.6 Å². The van der Waals surface area contributed by atoms with Gasteiger partial charge in [-0.15, -0.1) is 6.58 Å². The summed E-state index contributed by atoms with van der Waals surface area (Å²) in [5.41, 5.74) is 0. The van der Waals surface area contributed by atoms with Gasteiger partial charge < -0.3 is 10.2 Å². The van der Waals surface area contributed by atoms with Gasteiger partial charge in [-0.3, -0.25) is 0 Å². The van der Waals surface area contributed by atoms with Crippen molar-refractivity contribution in [2.24, 2.45) is 0 Å². The van der Waals surface area contributed by atoms with Crippen molar-refractivity contribution in [3.8, 4) is 0 Å². The average Bonchev–Trinajstić information content (AvgIpc) is 2.18. The quantitative estimate of drug-likeness (QED) is 0.443. The number of rotatable bonds is 2. The minimum atomic E-state index is 0.856. The molecule has 0 aromatic rings. The molecule has 1 N–H and O–H groups in total. The maximum atomic E-state index is 4.97. The Kier molecular flexibility index (Phi) is 2.05. The van der Waals surface area contributed by atoms with Crippen LogP contribution in [0.2, 0.25) is 0 Å². The third-order valence-electron chi connectivity index (χ3n) is 1.29. The zero-order valence-electron chi connectivity index (χ0n) is 5.26. The second-order valence-corrected chi connectivity index (χ2v) is 2.35. The molecule has 0 bridgehead atoms. The maximum absolute atomic E-state index is 4.97. The summed E-state index contributed by atoms with van der Waals surface area (Å²) >= 11 is 4.97. The molecule has 0 aromatic carbocycles.